The number of carbonyl (C=O) groups is 1. The molecule has 3 aliphatic heterocycles. The highest BCUT2D eigenvalue weighted by atomic mass is 32.1. The molecular formula is C24H35N5O3S. The summed E-state index contributed by atoms with van der Waals surface area (Å²) in [6, 6.07) is 0.747. The lowest BCUT2D eigenvalue weighted by molar-refractivity contribution is 0.0115. The Hall–Kier alpha value is -1.81. The number of piperidine rings is 2. The molecule has 180 valence electrons. The minimum Gasteiger partial charge on any atom is -0.396 e. The number of thiophene rings is 1. The monoisotopic (exact) mass is 473 g/mol. The SMILES string of the molecule is Cc1c(C(=O)N2CCCCC2CCO)sc2ncnc(N3CCC(N4CCOCC4)CC3)c12. The minimum atomic E-state index is 0.0885. The van der Waals surface area contributed by atoms with Gasteiger partial charge in [0, 0.05) is 51.4 Å². The molecule has 1 unspecified atom stereocenters. The van der Waals surface area contributed by atoms with Crippen molar-refractivity contribution in [3.63, 3.8) is 0 Å². The first-order valence-corrected chi connectivity index (χ1v) is 13.2. The smallest absolute Gasteiger partial charge is 0.264 e. The molecule has 2 aromatic rings. The highest BCUT2D eigenvalue weighted by Gasteiger charge is 2.32. The normalized spacial score (nSPS) is 23.4. The molecule has 8 nitrogen and oxygen atoms in total. The highest BCUT2D eigenvalue weighted by Crippen LogP contribution is 2.37. The van der Waals surface area contributed by atoms with Gasteiger partial charge in [0.05, 0.1) is 23.5 Å². The highest BCUT2D eigenvalue weighted by molar-refractivity contribution is 7.20. The van der Waals surface area contributed by atoms with Gasteiger partial charge in [-0.1, -0.05) is 0 Å². The van der Waals surface area contributed by atoms with E-state index in [1.165, 1.54) is 11.3 Å². The molecule has 5 rings (SSSR count). The third-order valence-corrected chi connectivity index (χ3v) is 8.77. The van der Waals surface area contributed by atoms with Crippen molar-refractivity contribution in [2.75, 3.05) is 57.4 Å². The van der Waals surface area contributed by atoms with Crippen molar-refractivity contribution in [2.45, 2.75) is 57.5 Å². The standard InChI is InChI=1S/C24H35N5O3S/c1-17-20-22(28-9-5-18(6-10-28)27-11-14-32-15-12-27)25-16-26-23(20)33-21(17)24(31)29-8-3-2-4-19(29)7-13-30/h16,18-19,30H,2-15H2,1H3. The van der Waals surface area contributed by atoms with Crippen molar-refractivity contribution in [1.29, 1.82) is 0 Å². The largest absolute Gasteiger partial charge is 0.396 e. The van der Waals surface area contributed by atoms with Gasteiger partial charge in [0.25, 0.3) is 5.91 Å². The average molecular weight is 474 g/mol. The summed E-state index contributed by atoms with van der Waals surface area (Å²) in [4.78, 5) is 31.4. The predicted molar refractivity (Wildman–Crippen MR) is 130 cm³/mol. The van der Waals surface area contributed by atoms with Gasteiger partial charge in [0.2, 0.25) is 0 Å². The van der Waals surface area contributed by atoms with E-state index >= 15 is 0 Å². The molecule has 2 aromatic heterocycles. The van der Waals surface area contributed by atoms with Crippen molar-refractivity contribution in [3.05, 3.63) is 16.8 Å². The molecule has 3 fully saturated rings. The number of ether oxygens (including phenoxy) is 1. The number of rotatable bonds is 5. The van der Waals surface area contributed by atoms with Crippen LogP contribution in [0.1, 0.15) is 53.8 Å². The van der Waals surface area contributed by atoms with Gasteiger partial charge in [0.1, 0.15) is 17.0 Å². The molecule has 0 bridgehead atoms. The summed E-state index contributed by atoms with van der Waals surface area (Å²) in [5.74, 6) is 1.06. The lowest BCUT2D eigenvalue weighted by Gasteiger charge is -2.40. The second-order valence-electron chi connectivity index (χ2n) is 9.46. The second-order valence-corrected chi connectivity index (χ2v) is 10.5. The van der Waals surface area contributed by atoms with Gasteiger partial charge in [-0.25, -0.2) is 9.97 Å². The van der Waals surface area contributed by atoms with Crippen LogP contribution in [0.2, 0.25) is 0 Å². The van der Waals surface area contributed by atoms with Crippen molar-refractivity contribution in [2.24, 2.45) is 0 Å². The molecule has 0 aliphatic carbocycles. The number of hydrogen-bond acceptors (Lipinski definition) is 8. The van der Waals surface area contributed by atoms with Crippen LogP contribution < -0.4 is 4.90 Å². The van der Waals surface area contributed by atoms with Crippen LogP contribution in [0.25, 0.3) is 10.2 Å². The van der Waals surface area contributed by atoms with E-state index in [0.717, 1.165) is 105 Å². The fraction of sp³-hybridized carbons (Fsp3) is 0.708. The molecule has 3 aliphatic rings. The maximum Gasteiger partial charge on any atom is 0.264 e. The number of carbonyl (C=O) groups excluding carboxylic acids is 1. The van der Waals surface area contributed by atoms with E-state index in [1.807, 2.05) is 11.8 Å². The zero-order valence-corrected chi connectivity index (χ0v) is 20.4. The number of fused-ring (bicyclic) bond motifs is 1. The number of anilines is 1. The Kier molecular flexibility index (Phi) is 7.10. The van der Waals surface area contributed by atoms with E-state index in [-0.39, 0.29) is 18.6 Å². The van der Waals surface area contributed by atoms with Crippen molar-refractivity contribution < 1.29 is 14.6 Å². The summed E-state index contributed by atoms with van der Waals surface area (Å²) in [6.45, 7) is 8.62. The summed E-state index contributed by atoms with van der Waals surface area (Å²) < 4.78 is 5.52. The Morgan fingerprint density at radius 2 is 1.91 bits per heavy atom. The number of aliphatic hydroxyl groups excluding tert-OH is 1. The lowest BCUT2D eigenvalue weighted by atomic mass is 9.99. The molecule has 1 amide bonds. The van der Waals surface area contributed by atoms with Gasteiger partial charge >= 0.3 is 0 Å². The van der Waals surface area contributed by atoms with Gasteiger partial charge in [-0.15, -0.1) is 11.3 Å². The maximum absolute atomic E-state index is 13.6. The Morgan fingerprint density at radius 3 is 2.67 bits per heavy atom. The van der Waals surface area contributed by atoms with Crippen molar-refractivity contribution in [1.82, 2.24) is 19.8 Å². The zero-order chi connectivity index (χ0) is 22.8. The topological polar surface area (TPSA) is 82.0 Å². The Bertz CT molecular complexity index is 966. The quantitative estimate of drug-likeness (QED) is 0.715. The number of amides is 1. The molecule has 1 N–H and O–H groups in total. The first-order valence-electron chi connectivity index (χ1n) is 12.4. The first-order chi connectivity index (χ1) is 16.2. The van der Waals surface area contributed by atoms with E-state index < -0.39 is 0 Å². The van der Waals surface area contributed by atoms with Gasteiger partial charge < -0.3 is 19.6 Å². The number of likely N-dealkylation sites (tertiary alicyclic amines) is 1. The lowest BCUT2D eigenvalue weighted by Crippen LogP contribution is -2.49. The molecule has 0 aromatic carbocycles. The number of aryl methyl sites for hydroxylation is 1. The molecule has 0 saturated carbocycles. The van der Waals surface area contributed by atoms with Gasteiger partial charge in [-0.3, -0.25) is 9.69 Å². The number of morpholine rings is 1. The van der Waals surface area contributed by atoms with E-state index in [4.69, 9.17) is 4.74 Å². The fourth-order valence-electron chi connectivity index (χ4n) is 5.73. The minimum absolute atomic E-state index is 0.0885. The number of nitrogens with zero attached hydrogens (tertiary/aromatic N) is 5. The maximum atomic E-state index is 13.6. The Morgan fingerprint density at radius 1 is 1.12 bits per heavy atom. The van der Waals surface area contributed by atoms with Crippen LogP contribution >= 0.6 is 11.3 Å². The third-order valence-electron chi connectivity index (χ3n) is 7.58. The molecule has 9 heteroatoms. The molecular weight excluding hydrogens is 438 g/mol. The number of aliphatic hydroxyl groups is 1. The summed E-state index contributed by atoms with van der Waals surface area (Å²) in [7, 11) is 0. The van der Waals surface area contributed by atoms with Crippen molar-refractivity contribution in [3.8, 4) is 0 Å². The zero-order valence-electron chi connectivity index (χ0n) is 19.5. The summed E-state index contributed by atoms with van der Waals surface area (Å²) >= 11 is 1.49. The van der Waals surface area contributed by atoms with E-state index in [0.29, 0.717) is 12.5 Å². The molecule has 33 heavy (non-hydrogen) atoms. The fourth-order valence-corrected chi connectivity index (χ4v) is 6.83. The van der Waals surface area contributed by atoms with Gasteiger partial charge in [-0.05, 0) is 51.0 Å². The van der Waals surface area contributed by atoms with Crippen LogP contribution in [-0.2, 0) is 4.74 Å². The van der Waals surface area contributed by atoms with E-state index in [1.54, 1.807) is 6.33 Å². The van der Waals surface area contributed by atoms with Gasteiger partial charge in [-0.2, -0.15) is 0 Å². The van der Waals surface area contributed by atoms with Crippen molar-refractivity contribution >= 4 is 33.3 Å². The Balaban J connectivity index is 1.36. The predicted octanol–water partition coefficient (Wildman–Crippen LogP) is 2.68. The van der Waals surface area contributed by atoms with Crippen LogP contribution in [0.5, 0.6) is 0 Å². The summed E-state index contributed by atoms with van der Waals surface area (Å²) in [5, 5.41) is 10.5. The van der Waals surface area contributed by atoms with Crippen LogP contribution in [0, 0.1) is 6.92 Å². The van der Waals surface area contributed by atoms with E-state index in [2.05, 4.69) is 19.8 Å². The van der Waals surface area contributed by atoms with Crippen LogP contribution in [-0.4, -0.2) is 95.4 Å². The molecule has 5 heterocycles. The molecule has 0 radical (unpaired) electrons. The third kappa shape index (κ3) is 4.60. The van der Waals surface area contributed by atoms with Crippen LogP contribution in [0.3, 0.4) is 0 Å². The summed E-state index contributed by atoms with van der Waals surface area (Å²) in [6.07, 6.45) is 7.66. The molecule has 0 spiro atoms. The van der Waals surface area contributed by atoms with Crippen LogP contribution in [0.15, 0.2) is 6.33 Å². The number of aromatic nitrogens is 2. The van der Waals surface area contributed by atoms with E-state index in [9.17, 15) is 9.90 Å². The molecule has 1 atom stereocenters. The van der Waals surface area contributed by atoms with Crippen LogP contribution in [0.4, 0.5) is 5.82 Å². The first kappa shape index (κ1) is 23.0. The Labute approximate surface area is 199 Å². The average Bonchev–Trinajstić information content (AvgIpc) is 3.21. The molecule has 3 saturated heterocycles. The summed E-state index contributed by atoms with van der Waals surface area (Å²) in [5.41, 5.74) is 0.999. The van der Waals surface area contributed by atoms with Gasteiger partial charge in [0.15, 0.2) is 0 Å². The number of hydrogen-bond donors (Lipinski definition) is 1. The second kappa shape index (κ2) is 10.2.